The third-order valence-corrected chi connectivity index (χ3v) is 2.82. The second-order valence-corrected chi connectivity index (χ2v) is 4.21. The lowest BCUT2D eigenvalue weighted by atomic mass is 10.0. The van der Waals surface area contributed by atoms with Crippen LogP contribution in [0.25, 0.3) is 0 Å². The monoisotopic (exact) mass is 185 g/mol. The Morgan fingerprint density at radius 1 is 1.75 bits per heavy atom. The highest BCUT2D eigenvalue weighted by Crippen LogP contribution is 2.30. The molecule has 0 fully saturated rings. The van der Waals surface area contributed by atoms with Crippen molar-refractivity contribution in [2.24, 2.45) is 5.92 Å². The van der Waals surface area contributed by atoms with Crippen molar-refractivity contribution in [3.05, 3.63) is 23.9 Å². The van der Waals surface area contributed by atoms with Crippen LogP contribution in [0.1, 0.15) is 19.8 Å². The average Bonchev–Trinajstić information content (AvgIpc) is 2.32. The maximum absolute atomic E-state index is 10.9. The van der Waals surface area contributed by atoms with E-state index in [9.17, 15) is 4.21 Å². The van der Waals surface area contributed by atoms with Gasteiger partial charge in [0.2, 0.25) is 0 Å². The molecule has 0 aliphatic heterocycles. The van der Waals surface area contributed by atoms with Gasteiger partial charge in [0.15, 0.2) is 0 Å². The molecule has 0 amide bonds. The van der Waals surface area contributed by atoms with Crippen molar-refractivity contribution >= 4 is 11.0 Å². The van der Waals surface area contributed by atoms with E-state index in [1.54, 1.807) is 6.26 Å². The Morgan fingerprint density at radius 3 is 2.83 bits per heavy atom. The van der Waals surface area contributed by atoms with Gasteiger partial charge >= 0.3 is 0 Å². The fourth-order valence-electron chi connectivity index (χ4n) is 1.54. The van der Waals surface area contributed by atoms with Gasteiger partial charge in [0.25, 0.3) is 0 Å². The van der Waals surface area contributed by atoms with E-state index in [-0.39, 0.29) is 0 Å². The van der Waals surface area contributed by atoms with Gasteiger partial charge in [-0.15, -0.1) is 6.58 Å². The topological polar surface area (TPSA) is 29.1 Å². The largest absolute Gasteiger partial charge is 0.309 e. The summed E-state index contributed by atoms with van der Waals surface area (Å²) in [5.74, 6) is 0.482. The molecule has 12 heavy (non-hydrogen) atoms. The zero-order valence-electron chi connectivity index (χ0n) is 7.59. The molecule has 0 aromatic carbocycles. The summed E-state index contributed by atoms with van der Waals surface area (Å²) in [7, 11) is -0.935. The number of rotatable bonds is 3. The van der Waals surface area contributed by atoms with E-state index < -0.39 is 11.0 Å². The van der Waals surface area contributed by atoms with E-state index in [0.717, 1.165) is 18.5 Å². The highest BCUT2D eigenvalue weighted by Gasteiger charge is 2.19. The normalized spacial score (nSPS) is 25.7. The molecule has 1 rings (SSSR count). The molecule has 0 saturated carbocycles. The second-order valence-electron chi connectivity index (χ2n) is 3.10. The molecule has 0 aromatic rings. The van der Waals surface area contributed by atoms with Gasteiger partial charge in [-0.2, -0.15) is 0 Å². The van der Waals surface area contributed by atoms with Gasteiger partial charge in [0, 0.05) is 12.0 Å². The molecule has 0 spiro atoms. The summed E-state index contributed by atoms with van der Waals surface area (Å²) in [6, 6.07) is 0. The number of hydrogen-bond donors (Lipinski definition) is 1. The van der Waals surface area contributed by atoms with Crippen LogP contribution >= 0.6 is 0 Å². The minimum Gasteiger partial charge on any atom is -0.309 e. The first-order chi connectivity index (χ1) is 5.65. The van der Waals surface area contributed by atoms with Crippen LogP contribution in [0.3, 0.4) is 0 Å². The molecule has 0 saturated heterocycles. The van der Waals surface area contributed by atoms with Crippen molar-refractivity contribution in [1.82, 2.24) is 4.72 Å². The van der Waals surface area contributed by atoms with Crippen LogP contribution in [0, 0.1) is 5.92 Å². The first kappa shape index (κ1) is 9.52. The molecule has 2 nitrogen and oxygen atoms in total. The smallest absolute Gasteiger partial charge is 0.113 e. The highest BCUT2D eigenvalue weighted by molar-refractivity contribution is 7.82. The lowest BCUT2D eigenvalue weighted by Gasteiger charge is -2.05. The SMILES string of the molecule is C=CC1CCC(NS(C)=O)=C1C. The minimum absolute atomic E-state index is 0.482. The minimum atomic E-state index is -0.935. The Balaban J connectivity index is 2.70. The first-order valence-electron chi connectivity index (χ1n) is 4.07. The van der Waals surface area contributed by atoms with Crippen molar-refractivity contribution in [3.63, 3.8) is 0 Å². The fraction of sp³-hybridized carbons (Fsp3) is 0.556. The van der Waals surface area contributed by atoms with E-state index in [2.05, 4.69) is 18.2 Å². The molecule has 68 valence electrons. The standard InChI is InChI=1S/C9H15NOS/c1-4-8-5-6-9(7(8)2)10-12(3)11/h4,8,10H,1,5-6H2,2-3H3. The predicted molar refractivity (Wildman–Crippen MR) is 52.8 cm³/mol. The quantitative estimate of drug-likeness (QED) is 0.667. The average molecular weight is 185 g/mol. The summed E-state index contributed by atoms with van der Waals surface area (Å²) in [6.07, 6.45) is 5.72. The van der Waals surface area contributed by atoms with Crippen molar-refractivity contribution < 1.29 is 4.21 Å². The van der Waals surface area contributed by atoms with Crippen molar-refractivity contribution in [1.29, 1.82) is 0 Å². The van der Waals surface area contributed by atoms with E-state index >= 15 is 0 Å². The molecular weight excluding hydrogens is 170 g/mol. The Kier molecular flexibility index (Phi) is 3.09. The first-order valence-corrected chi connectivity index (χ1v) is 5.63. The zero-order chi connectivity index (χ0) is 9.14. The molecular formula is C9H15NOS. The molecule has 0 radical (unpaired) electrons. The molecule has 0 bridgehead atoms. The summed E-state index contributed by atoms with van der Waals surface area (Å²) in [5.41, 5.74) is 2.43. The van der Waals surface area contributed by atoms with Crippen LogP contribution in [0.15, 0.2) is 23.9 Å². The van der Waals surface area contributed by atoms with Gasteiger partial charge in [0.05, 0.1) is 0 Å². The van der Waals surface area contributed by atoms with Gasteiger partial charge in [-0.3, -0.25) is 0 Å². The van der Waals surface area contributed by atoms with Gasteiger partial charge in [-0.05, 0) is 31.3 Å². The van der Waals surface area contributed by atoms with Crippen LogP contribution in [0.5, 0.6) is 0 Å². The Morgan fingerprint density at radius 2 is 2.42 bits per heavy atom. The number of hydrogen-bond acceptors (Lipinski definition) is 1. The summed E-state index contributed by atoms with van der Waals surface area (Å²) in [4.78, 5) is 0. The molecule has 2 atom stereocenters. The highest BCUT2D eigenvalue weighted by atomic mass is 32.2. The maximum atomic E-state index is 10.9. The molecule has 2 unspecified atom stereocenters. The molecule has 3 heteroatoms. The Bertz CT molecular complexity index is 245. The van der Waals surface area contributed by atoms with Crippen LogP contribution in [0.4, 0.5) is 0 Å². The third kappa shape index (κ3) is 1.97. The second kappa shape index (κ2) is 3.90. The van der Waals surface area contributed by atoms with Gasteiger partial charge in [0.1, 0.15) is 11.0 Å². The number of allylic oxidation sites excluding steroid dienone is 3. The molecule has 1 aliphatic rings. The third-order valence-electron chi connectivity index (χ3n) is 2.29. The summed E-state index contributed by atoms with van der Waals surface area (Å²) >= 11 is 0. The van der Waals surface area contributed by atoms with Crippen LogP contribution in [0.2, 0.25) is 0 Å². The lowest BCUT2D eigenvalue weighted by molar-refractivity contribution is 0.680. The summed E-state index contributed by atoms with van der Waals surface area (Å²) in [5, 5.41) is 0. The predicted octanol–water partition coefficient (Wildman–Crippen LogP) is 1.74. The van der Waals surface area contributed by atoms with Crippen LogP contribution in [-0.4, -0.2) is 10.5 Å². The van der Waals surface area contributed by atoms with Crippen LogP contribution in [-0.2, 0) is 11.0 Å². The van der Waals surface area contributed by atoms with Crippen LogP contribution < -0.4 is 4.72 Å². The summed E-state index contributed by atoms with van der Waals surface area (Å²) < 4.78 is 13.8. The van der Waals surface area contributed by atoms with Gasteiger partial charge < -0.3 is 4.72 Å². The van der Waals surface area contributed by atoms with Gasteiger partial charge in [-0.25, -0.2) is 4.21 Å². The van der Waals surface area contributed by atoms with E-state index in [0.29, 0.717) is 5.92 Å². The van der Waals surface area contributed by atoms with Crippen molar-refractivity contribution in [3.8, 4) is 0 Å². The van der Waals surface area contributed by atoms with E-state index in [4.69, 9.17) is 0 Å². The van der Waals surface area contributed by atoms with E-state index in [1.165, 1.54) is 5.57 Å². The Hall–Kier alpha value is -0.570. The lowest BCUT2D eigenvalue weighted by Crippen LogP contribution is -2.14. The zero-order valence-corrected chi connectivity index (χ0v) is 8.41. The number of nitrogens with one attached hydrogen (secondary N) is 1. The molecule has 1 N–H and O–H groups in total. The summed E-state index contributed by atoms with van der Waals surface area (Å²) in [6.45, 7) is 5.85. The maximum Gasteiger partial charge on any atom is 0.113 e. The fourth-order valence-corrected chi connectivity index (χ4v) is 2.15. The molecule has 1 aliphatic carbocycles. The van der Waals surface area contributed by atoms with Gasteiger partial charge in [-0.1, -0.05) is 6.08 Å². The Labute approximate surface area is 76.3 Å². The molecule has 0 heterocycles. The van der Waals surface area contributed by atoms with Crippen molar-refractivity contribution in [2.45, 2.75) is 19.8 Å². The van der Waals surface area contributed by atoms with Crippen molar-refractivity contribution in [2.75, 3.05) is 6.26 Å². The van der Waals surface area contributed by atoms with E-state index in [1.807, 2.05) is 6.08 Å². The molecule has 0 aromatic heterocycles.